The van der Waals surface area contributed by atoms with Gasteiger partial charge in [0.25, 0.3) is 0 Å². The molecule has 0 rings (SSSR count). The van der Waals surface area contributed by atoms with Gasteiger partial charge in [-0.3, -0.25) is 4.79 Å². The van der Waals surface area contributed by atoms with E-state index >= 15 is 0 Å². The zero-order valence-corrected chi connectivity index (χ0v) is 6.17. The molecule has 0 unspecified atom stereocenters. The topological polar surface area (TPSA) is 26.3 Å². The molecule has 10 heavy (non-hydrogen) atoms. The molecule has 0 saturated carbocycles. The molecule has 0 N–H and O–H groups in total. The molecule has 2 nitrogen and oxygen atoms in total. The SMILES string of the molecule is C=CC/C(C=O)=C\OCC. The number of carbonyl (C=O) groups excluding carboxylic acids is 1. The predicted molar refractivity (Wildman–Crippen MR) is 40.6 cm³/mol. The summed E-state index contributed by atoms with van der Waals surface area (Å²) in [5.74, 6) is 0. The number of allylic oxidation sites excluding steroid dienone is 2. The highest BCUT2D eigenvalue weighted by Gasteiger charge is 1.89. The summed E-state index contributed by atoms with van der Waals surface area (Å²) < 4.78 is 4.90. The Morgan fingerprint density at radius 3 is 2.80 bits per heavy atom. The van der Waals surface area contributed by atoms with Crippen molar-refractivity contribution in [3.63, 3.8) is 0 Å². The first-order valence-electron chi connectivity index (χ1n) is 3.21. The maximum Gasteiger partial charge on any atom is 0.149 e. The van der Waals surface area contributed by atoms with Crippen LogP contribution in [0.4, 0.5) is 0 Å². The fourth-order valence-electron chi connectivity index (χ4n) is 0.481. The lowest BCUT2D eigenvalue weighted by Gasteiger charge is -1.95. The molecule has 0 aromatic heterocycles. The first kappa shape index (κ1) is 8.95. The summed E-state index contributed by atoms with van der Waals surface area (Å²) in [4.78, 5) is 10.2. The lowest BCUT2D eigenvalue weighted by atomic mass is 10.2. The molecule has 0 aromatic rings. The summed E-state index contributed by atoms with van der Waals surface area (Å²) in [6, 6.07) is 0. The predicted octanol–water partition coefficient (Wildman–Crippen LogP) is 1.68. The Hall–Kier alpha value is -1.05. The molecule has 0 aromatic carbocycles. The average molecular weight is 140 g/mol. The van der Waals surface area contributed by atoms with E-state index in [2.05, 4.69) is 6.58 Å². The third-order valence-corrected chi connectivity index (χ3v) is 0.933. The summed E-state index contributed by atoms with van der Waals surface area (Å²) in [5.41, 5.74) is 0.622. The first-order chi connectivity index (χ1) is 4.85. The maximum absolute atomic E-state index is 10.2. The first-order valence-corrected chi connectivity index (χ1v) is 3.21. The van der Waals surface area contributed by atoms with E-state index in [9.17, 15) is 4.79 Å². The highest BCUT2D eigenvalue weighted by molar-refractivity contribution is 5.73. The summed E-state index contributed by atoms with van der Waals surface area (Å²) in [7, 11) is 0. The van der Waals surface area contributed by atoms with Crippen molar-refractivity contribution in [3.05, 3.63) is 24.5 Å². The van der Waals surface area contributed by atoms with Gasteiger partial charge in [0.1, 0.15) is 6.29 Å². The lowest BCUT2D eigenvalue weighted by molar-refractivity contribution is -0.105. The van der Waals surface area contributed by atoms with Crippen LogP contribution in [0.3, 0.4) is 0 Å². The summed E-state index contributed by atoms with van der Waals surface area (Å²) in [6.45, 7) is 5.96. The van der Waals surface area contributed by atoms with Crippen molar-refractivity contribution in [2.45, 2.75) is 13.3 Å². The van der Waals surface area contributed by atoms with Crippen molar-refractivity contribution in [1.29, 1.82) is 0 Å². The van der Waals surface area contributed by atoms with Gasteiger partial charge in [0.2, 0.25) is 0 Å². The second-order valence-electron chi connectivity index (χ2n) is 1.76. The van der Waals surface area contributed by atoms with Crippen LogP contribution in [0.25, 0.3) is 0 Å². The van der Waals surface area contributed by atoms with Crippen molar-refractivity contribution in [1.82, 2.24) is 0 Å². The molecule has 0 radical (unpaired) electrons. The molecule has 0 spiro atoms. The highest BCUT2D eigenvalue weighted by Crippen LogP contribution is 1.97. The van der Waals surface area contributed by atoms with Gasteiger partial charge < -0.3 is 4.74 Å². The normalized spacial score (nSPS) is 10.7. The van der Waals surface area contributed by atoms with Crippen LogP contribution in [-0.4, -0.2) is 12.9 Å². The van der Waals surface area contributed by atoms with Crippen LogP contribution in [0.15, 0.2) is 24.5 Å². The van der Waals surface area contributed by atoms with Crippen LogP contribution in [-0.2, 0) is 9.53 Å². The molecule has 0 saturated heterocycles. The summed E-state index contributed by atoms with van der Waals surface area (Å²) in [6.07, 6.45) is 4.48. The zero-order chi connectivity index (χ0) is 7.82. The lowest BCUT2D eigenvalue weighted by Crippen LogP contribution is -1.86. The van der Waals surface area contributed by atoms with Gasteiger partial charge in [-0.25, -0.2) is 0 Å². The van der Waals surface area contributed by atoms with Crippen LogP contribution in [0.2, 0.25) is 0 Å². The van der Waals surface area contributed by atoms with Gasteiger partial charge in [-0.1, -0.05) is 6.08 Å². The van der Waals surface area contributed by atoms with Gasteiger partial charge >= 0.3 is 0 Å². The standard InChI is InChI=1S/C8H12O2/c1-3-5-8(6-9)7-10-4-2/h3,6-7H,1,4-5H2,2H3/b8-7+. The van der Waals surface area contributed by atoms with Gasteiger partial charge in [0, 0.05) is 5.57 Å². The molecular weight excluding hydrogens is 128 g/mol. The van der Waals surface area contributed by atoms with Crippen LogP contribution >= 0.6 is 0 Å². The van der Waals surface area contributed by atoms with Gasteiger partial charge in [0.05, 0.1) is 12.9 Å². The maximum atomic E-state index is 10.2. The molecule has 0 amide bonds. The van der Waals surface area contributed by atoms with Crippen molar-refractivity contribution < 1.29 is 9.53 Å². The number of rotatable bonds is 5. The quantitative estimate of drug-likeness (QED) is 0.251. The fourth-order valence-corrected chi connectivity index (χ4v) is 0.481. The number of ether oxygens (including phenoxy) is 1. The molecule has 0 atom stereocenters. The third-order valence-electron chi connectivity index (χ3n) is 0.933. The average Bonchev–Trinajstić information content (AvgIpc) is 1.98. The highest BCUT2D eigenvalue weighted by atomic mass is 16.5. The smallest absolute Gasteiger partial charge is 0.149 e. The van der Waals surface area contributed by atoms with Crippen LogP contribution in [0.5, 0.6) is 0 Å². The van der Waals surface area contributed by atoms with Gasteiger partial charge in [0.15, 0.2) is 0 Å². The Morgan fingerprint density at radius 2 is 2.40 bits per heavy atom. The van der Waals surface area contributed by atoms with Crippen molar-refractivity contribution in [3.8, 4) is 0 Å². The zero-order valence-electron chi connectivity index (χ0n) is 6.17. The third kappa shape index (κ3) is 3.89. The minimum absolute atomic E-state index is 0.573. The minimum Gasteiger partial charge on any atom is -0.501 e. The van der Waals surface area contributed by atoms with E-state index in [1.54, 1.807) is 6.08 Å². The Bertz CT molecular complexity index is 136. The van der Waals surface area contributed by atoms with E-state index in [0.29, 0.717) is 18.6 Å². The molecule has 0 aliphatic carbocycles. The van der Waals surface area contributed by atoms with E-state index in [-0.39, 0.29) is 0 Å². The molecule has 0 aliphatic heterocycles. The fraction of sp³-hybridized carbons (Fsp3) is 0.375. The monoisotopic (exact) mass is 140 g/mol. The van der Waals surface area contributed by atoms with Crippen molar-refractivity contribution in [2.24, 2.45) is 0 Å². The van der Waals surface area contributed by atoms with Crippen LogP contribution < -0.4 is 0 Å². The van der Waals surface area contributed by atoms with E-state index in [1.807, 2.05) is 6.92 Å². The molecule has 0 heterocycles. The van der Waals surface area contributed by atoms with E-state index in [1.165, 1.54) is 6.26 Å². The summed E-state index contributed by atoms with van der Waals surface area (Å²) >= 11 is 0. The van der Waals surface area contributed by atoms with Gasteiger partial charge in [-0.2, -0.15) is 0 Å². The van der Waals surface area contributed by atoms with Crippen molar-refractivity contribution >= 4 is 6.29 Å². The van der Waals surface area contributed by atoms with Crippen molar-refractivity contribution in [2.75, 3.05) is 6.61 Å². The Labute approximate surface area is 61.2 Å². The summed E-state index contributed by atoms with van der Waals surface area (Å²) in [5, 5.41) is 0. The van der Waals surface area contributed by atoms with Gasteiger partial charge in [-0.05, 0) is 13.3 Å². The van der Waals surface area contributed by atoms with E-state index in [4.69, 9.17) is 4.74 Å². The second kappa shape index (κ2) is 6.08. The Morgan fingerprint density at radius 1 is 1.70 bits per heavy atom. The Balaban J connectivity index is 3.77. The van der Waals surface area contributed by atoms with E-state index in [0.717, 1.165) is 6.29 Å². The minimum atomic E-state index is 0.573. The molecule has 0 fully saturated rings. The molecule has 2 heteroatoms. The number of hydrogen-bond donors (Lipinski definition) is 0. The Kier molecular flexibility index (Phi) is 5.44. The largest absolute Gasteiger partial charge is 0.501 e. The second-order valence-corrected chi connectivity index (χ2v) is 1.76. The molecule has 0 bridgehead atoms. The van der Waals surface area contributed by atoms with Crippen LogP contribution in [0, 0.1) is 0 Å². The molecule has 0 aliphatic rings. The number of aldehydes is 1. The van der Waals surface area contributed by atoms with E-state index < -0.39 is 0 Å². The number of carbonyl (C=O) groups is 1. The van der Waals surface area contributed by atoms with Gasteiger partial charge in [-0.15, -0.1) is 6.58 Å². The molecule has 56 valence electrons. The molecular formula is C8H12O2. The number of hydrogen-bond acceptors (Lipinski definition) is 2. The van der Waals surface area contributed by atoms with Crippen LogP contribution in [0.1, 0.15) is 13.3 Å².